The van der Waals surface area contributed by atoms with Crippen molar-refractivity contribution in [3.05, 3.63) is 65.6 Å². The van der Waals surface area contributed by atoms with Crippen LogP contribution in [0.15, 0.2) is 53.8 Å². The number of hydrazine groups is 1. The average Bonchev–Trinajstić information content (AvgIpc) is 3.41. The summed E-state index contributed by atoms with van der Waals surface area (Å²) in [6, 6.07) is 11.5. The summed E-state index contributed by atoms with van der Waals surface area (Å²) in [5, 5.41) is 17.1. The summed E-state index contributed by atoms with van der Waals surface area (Å²) in [5.41, 5.74) is 6.73. The molecule has 0 spiro atoms. The van der Waals surface area contributed by atoms with Crippen molar-refractivity contribution < 1.29 is 9.18 Å². The zero-order valence-electron chi connectivity index (χ0n) is 16.7. The molecule has 0 radical (unpaired) electrons. The number of carbonyl (C=O) groups excluding carboxylic acids is 1. The fourth-order valence-electron chi connectivity index (χ4n) is 3.22. The van der Waals surface area contributed by atoms with E-state index in [1.165, 1.54) is 12.1 Å². The third-order valence-corrected chi connectivity index (χ3v) is 4.67. The van der Waals surface area contributed by atoms with Crippen molar-refractivity contribution in [1.29, 1.82) is 0 Å². The predicted molar refractivity (Wildman–Crippen MR) is 112 cm³/mol. The number of anilines is 1. The van der Waals surface area contributed by atoms with E-state index in [1.54, 1.807) is 34.3 Å². The van der Waals surface area contributed by atoms with Crippen LogP contribution in [0, 0.1) is 12.7 Å². The van der Waals surface area contributed by atoms with Crippen LogP contribution in [-0.4, -0.2) is 39.7 Å². The third-order valence-electron chi connectivity index (χ3n) is 4.67. The van der Waals surface area contributed by atoms with E-state index in [0.717, 1.165) is 11.1 Å². The number of nitrogens with one attached hydrogen (secondary N) is 2. The molecule has 154 valence electrons. The maximum Gasteiger partial charge on any atom is 0.253 e. The summed E-state index contributed by atoms with van der Waals surface area (Å²) in [5.74, 6) is -0.489. The Hall–Kier alpha value is -3.59. The van der Waals surface area contributed by atoms with Crippen molar-refractivity contribution in [2.24, 2.45) is 5.10 Å². The van der Waals surface area contributed by atoms with Gasteiger partial charge in [-0.05, 0) is 50.2 Å². The number of halogens is 1. The SMILES string of the molecule is Cc1ccc(N2N=CCN2)c(C(=O)N[C@@H](C)Cn2cc(-c3ccc(F)cc3)nn2)c1. The van der Waals surface area contributed by atoms with Crippen LogP contribution in [-0.2, 0) is 6.54 Å². The van der Waals surface area contributed by atoms with Gasteiger partial charge in [0.15, 0.2) is 0 Å². The van der Waals surface area contributed by atoms with E-state index in [9.17, 15) is 9.18 Å². The molecule has 2 aromatic carbocycles. The largest absolute Gasteiger partial charge is 0.348 e. The predicted octanol–water partition coefficient (Wildman–Crippen LogP) is 2.52. The van der Waals surface area contributed by atoms with Gasteiger partial charge in [0.1, 0.15) is 11.5 Å². The second kappa shape index (κ2) is 8.42. The zero-order chi connectivity index (χ0) is 21.1. The van der Waals surface area contributed by atoms with Crippen LogP contribution in [0.4, 0.5) is 10.1 Å². The number of aromatic nitrogens is 3. The Labute approximate surface area is 173 Å². The molecule has 2 N–H and O–H groups in total. The van der Waals surface area contributed by atoms with Crippen molar-refractivity contribution in [2.45, 2.75) is 26.4 Å². The molecule has 1 aromatic heterocycles. The lowest BCUT2D eigenvalue weighted by Crippen LogP contribution is -2.37. The smallest absolute Gasteiger partial charge is 0.253 e. The van der Waals surface area contributed by atoms with Crippen LogP contribution in [0.3, 0.4) is 0 Å². The molecule has 0 saturated heterocycles. The number of aryl methyl sites for hydroxylation is 1. The van der Waals surface area contributed by atoms with Crippen LogP contribution in [0.1, 0.15) is 22.8 Å². The summed E-state index contributed by atoms with van der Waals surface area (Å²) >= 11 is 0. The number of nitrogens with zero attached hydrogens (tertiary/aromatic N) is 5. The fraction of sp³-hybridized carbons (Fsp3) is 0.238. The van der Waals surface area contributed by atoms with Crippen LogP contribution in [0.2, 0.25) is 0 Å². The molecule has 30 heavy (non-hydrogen) atoms. The van der Waals surface area contributed by atoms with Crippen molar-refractivity contribution in [3.8, 4) is 11.3 Å². The number of hydrazone groups is 1. The van der Waals surface area contributed by atoms with E-state index in [1.807, 2.05) is 32.0 Å². The van der Waals surface area contributed by atoms with Gasteiger partial charge in [-0.3, -0.25) is 4.79 Å². The first-order valence-electron chi connectivity index (χ1n) is 9.63. The molecular formula is C21H22FN7O. The number of hydrogen-bond donors (Lipinski definition) is 2. The molecule has 2 heterocycles. The molecule has 0 aliphatic carbocycles. The second-order valence-corrected chi connectivity index (χ2v) is 7.20. The number of amides is 1. The van der Waals surface area contributed by atoms with Gasteiger partial charge >= 0.3 is 0 Å². The van der Waals surface area contributed by atoms with Gasteiger partial charge in [0.05, 0.1) is 30.5 Å². The van der Waals surface area contributed by atoms with E-state index < -0.39 is 0 Å². The molecule has 4 rings (SSSR count). The average molecular weight is 407 g/mol. The lowest BCUT2D eigenvalue weighted by Gasteiger charge is -2.20. The summed E-state index contributed by atoms with van der Waals surface area (Å²) in [4.78, 5) is 12.9. The first kappa shape index (κ1) is 19.7. The summed E-state index contributed by atoms with van der Waals surface area (Å²) in [6.07, 6.45) is 3.52. The topological polar surface area (TPSA) is 87.4 Å². The lowest BCUT2D eigenvalue weighted by atomic mass is 10.1. The Balaban J connectivity index is 1.44. The minimum Gasteiger partial charge on any atom is -0.348 e. The summed E-state index contributed by atoms with van der Waals surface area (Å²) in [7, 11) is 0. The van der Waals surface area contributed by atoms with Crippen LogP contribution >= 0.6 is 0 Å². The Morgan fingerprint density at radius 3 is 2.80 bits per heavy atom. The summed E-state index contributed by atoms with van der Waals surface area (Å²) in [6.45, 7) is 4.91. The molecule has 9 heteroatoms. The van der Waals surface area contributed by atoms with Crippen molar-refractivity contribution >= 4 is 17.8 Å². The van der Waals surface area contributed by atoms with Gasteiger partial charge in [0.2, 0.25) is 0 Å². The highest BCUT2D eigenvalue weighted by Gasteiger charge is 2.20. The van der Waals surface area contributed by atoms with Crippen LogP contribution in [0.5, 0.6) is 0 Å². The minimum atomic E-state index is -0.298. The monoisotopic (exact) mass is 407 g/mol. The second-order valence-electron chi connectivity index (χ2n) is 7.20. The van der Waals surface area contributed by atoms with Gasteiger partial charge in [-0.15, -0.1) is 5.10 Å². The van der Waals surface area contributed by atoms with Gasteiger partial charge < -0.3 is 5.32 Å². The molecule has 3 aromatic rings. The van der Waals surface area contributed by atoms with Gasteiger partial charge in [-0.1, -0.05) is 16.8 Å². The molecule has 0 saturated carbocycles. The van der Waals surface area contributed by atoms with Gasteiger partial charge in [-0.25, -0.2) is 14.5 Å². The highest BCUT2D eigenvalue weighted by molar-refractivity contribution is 6.00. The number of hydrogen-bond acceptors (Lipinski definition) is 6. The normalized spacial score (nSPS) is 14.2. The maximum absolute atomic E-state index is 13.1. The van der Waals surface area contributed by atoms with Crippen LogP contribution < -0.4 is 15.9 Å². The minimum absolute atomic E-state index is 0.191. The van der Waals surface area contributed by atoms with Crippen molar-refractivity contribution in [3.63, 3.8) is 0 Å². The maximum atomic E-state index is 13.1. The standard InChI is InChI=1S/C21H22FN7O/c1-14-3-8-20(29-23-9-10-24-29)18(11-14)21(30)25-15(2)12-28-13-19(26-27-28)16-4-6-17(22)7-5-16/h3-9,11,13,15,24H,10,12H2,1-2H3,(H,25,30)/t15-/m0/s1. The lowest BCUT2D eigenvalue weighted by molar-refractivity contribution is 0.0936. The Morgan fingerprint density at radius 2 is 2.07 bits per heavy atom. The molecule has 0 unspecified atom stereocenters. The van der Waals surface area contributed by atoms with E-state index >= 15 is 0 Å². The van der Waals surface area contributed by atoms with Gasteiger partial charge in [0.25, 0.3) is 5.91 Å². The first-order chi connectivity index (χ1) is 14.5. The van der Waals surface area contributed by atoms with E-state index in [0.29, 0.717) is 30.0 Å². The van der Waals surface area contributed by atoms with Gasteiger partial charge in [0, 0.05) is 17.8 Å². The molecule has 0 bridgehead atoms. The first-order valence-corrected chi connectivity index (χ1v) is 9.63. The highest BCUT2D eigenvalue weighted by atomic mass is 19.1. The van der Waals surface area contributed by atoms with E-state index in [2.05, 4.69) is 26.2 Å². The zero-order valence-corrected chi connectivity index (χ0v) is 16.7. The molecule has 8 nitrogen and oxygen atoms in total. The quantitative estimate of drug-likeness (QED) is 0.656. The summed E-state index contributed by atoms with van der Waals surface area (Å²) < 4.78 is 14.8. The Kier molecular flexibility index (Phi) is 5.53. The fourth-order valence-corrected chi connectivity index (χ4v) is 3.22. The molecule has 0 fully saturated rings. The third kappa shape index (κ3) is 4.36. The molecule has 1 amide bonds. The Bertz CT molecular complexity index is 1080. The molecular weight excluding hydrogens is 385 g/mol. The number of carbonyl (C=O) groups is 1. The van der Waals surface area contributed by atoms with Crippen molar-refractivity contribution in [1.82, 2.24) is 25.7 Å². The van der Waals surface area contributed by atoms with Gasteiger partial charge in [-0.2, -0.15) is 10.2 Å². The molecule has 1 atom stereocenters. The van der Waals surface area contributed by atoms with Crippen molar-refractivity contribution in [2.75, 3.05) is 11.7 Å². The Morgan fingerprint density at radius 1 is 1.27 bits per heavy atom. The van der Waals surface area contributed by atoms with Crippen LogP contribution in [0.25, 0.3) is 11.3 Å². The molecule has 1 aliphatic heterocycles. The molecule has 1 aliphatic rings. The number of rotatable bonds is 6. The number of benzene rings is 2. The van der Waals surface area contributed by atoms with E-state index in [-0.39, 0.29) is 17.8 Å². The highest BCUT2D eigenvalue weighted by Crippen LogP contribution is 2.22. The van der Waals surface area contributed by atoms with E-state index in [4.69, 9.17) is 0 Å².